The van der Waals surface area contributed by atoms with Gasteiger partial charge in [-0.05, 0) is 61.7 Å². The summed E-state index contributed by atoms with van der Waals surface area (Å²) in [6.07, 6.45) is 5.92. The average molecular weight is 454 g/mol. The Bertz CT molecular complexity index is 1190. The van der Waals surface area contributed by atoms with E-state index in [1.54, 1.807) is 0 Å². The smallest absolute Gasteiger partial charge is 0.137 e. The van der Waals surface area contributed by atoms with Gasteiger partial charge in [-0.2, -0.15) is 0 Å². The molecule has 31 heavy (non-hydrogen) atoms. The van der Waals surface area contributed by atoms with Gasteiger partial charge in [0.05, 0.1) is 10.0 Å². The second-order valence-electron chi connectivity index (χ2n) is 8.19. The van der Waals surface area contributed by atoms with Crippen LogP contribution in [0.4, 0.5) is 0 Å². The van der Waals surface area contributed by atoms with Crippen LogP contribution < -0.4 is 5.32 Å². The van der Waals surface area contributed by atoms with Crippen LogP contribution in [0.25, 0.3) is 10.9 Å². The maximum Gasteiger partial charge on any atom is 0.137 e. The summed E-state index contributed by atoms with van der Waals surface area (Å²) in [6.45, 7) is 2.91. The highest BCUT2D eigenvalue weighted by Gasteiger charge is 2.23. The van der Waals surface area contributed by atoms with Crippen molar-refractivity contribution in [3.63, 3.8) is 0 Å². The van der Waals surface area contributed by atoms with E-state index >= 15 is 0 Å². The van der Waals surface area contributed by atoms with Crippen LogP contribution in [0.5, 0.6) is 0 Å². The first-order chi connectivity index (χ1) is 15.2. The topological polar surface area (TPSA) is 58.5 Å². The number of hydrogen-bond donors (Lipinski definition) is 2. The number of hydrogen-bond acceptors (Lipinski definition) is 3. The Morgan fingerprint density at radius 2 is 1.84 bits per heavy atom. The highest BCUT2D eigenvalue weighted by atomic mass is 35.5. The average Bonchev–Trinajstić information content (AvgIpc) is 3.39. The molecule has 0 aliphatic carbocycles. The van der Waals surface area contributed by atoms with E-state index < -0.39 is 0 Å². The minimum absolute atomic E-state index is 0.444. The molecule has 0 unspecified atom stereocenters. The monoisotopic (exact) mass is 453 g/mol. The molecule has 1 saturated heterocycles. The molecule has 1 aliphatic heterocycles. The third-order valence-corrected chi connectivity index (χ3v) is 6.93. The van der Waals surface area contributed by atoms with E-state index in [0.717, 1.165) is 56.1 Å². The van der Waals surface area contributed by atoms with Crippen LogP contribution in [-0.2, 0) is 19.4 Å². The van der Waals surface area contributed by atoms with Crippen molar-refractivity contribution in [3.8, 4) is 0 Å². The highest BCUT2D eigenvalue weighted by Crippen LogP contribution is 2.28. The van der Waals surface area contributed by atoms with Crippen molar-refractivity contribution >= 4 is 34.1 Å². The maximum absolute atomic E-state index is 6.25. The summed E-state index contributed by atoms with van der Waals surface area (Å²) < 4.78 is 2.33. The molecule has 4 aromatic rings. The van der Waals surface area contributed by atoms with Crippen molar-refractivity contribution in [2.24, 2.45) is 0 Å². The Kier molecular flexibility index (Phi) is 5.99. The molecule has 1 aliphatic rings. The quantitative estimate of drug-likeness (QED) is 0.412. The summed E-state index contributed by atoms with van der Waals surface area (Å²) in [5, 5.41) is 15.1. The van der Waals surface area contributed by atoms with Crippen LogP contribution >= 0.6 is 23.2 Å². The van der Waals surface area contributed by atoms with E-state index in [4.69, 9.17) is 23.2 Å². The molecule has 0 amide bonds. The number of halogens is 2. The van der Waals surface area contributed by atoms with Gasteiger partial charge in [0.1, 0.15) is 11.6 Å². The van der Waals surface area contributed by atoms with E-state index in [-0.39, 0.29) is 0 Å². The van der Waals surface area contributed by atoms with Gasteiger partial charge >= 0.3 is 0 Å². The zero-order valence-corrected chi connectivity index (χ0v) is 18.8. The molecule has 2 aromatic heterocycles. The van der Waals surface area contributed by atoms with Crippen molar-refractivity contribution in [2.45, 2.75) is 38.1 Å². The SMILES string of the molecule is Clc1ccc(Cc2nnc(C3CCNCC3)n2CCc2c[nH]c3ccccc23)cc1Cl. The lowest BCUT2D eigenvalue weighted by Gasteiger charge is -2.23. The zero-order chi connectivity index (χ0) is 21.2. The summed E-state index contributed by atoms with van der Waals surface area (Å²) in [5.74, 6) is 2.53. The number of nitrogens with one attached hydrogen (secondary N) is 2. The molecule has 0 radical (unpaired) electrons. The van der Waals surface area contributed by atoms with Crippen molar-refractivity contribution in [2.75, 3.05) is 13.1 Å². The molecule has 5 nitrogen and oxygen atoms in total. The first-order valence-electron chi connectivity index (χ1n) is 10.8. The molecule has 3 heterocycles. The van der Waals surface area contributed by atoms with Gasteiger partial charge in [0.25, 0.3) is 0 Å². The molecular weight excluding hydrogens is 429 g/mol. The number of para-hydroxylation sites is 1. The number of benzene rings is 2. The van der Waals surface area contributed by atoms with Gasteiger partial charge in [0, 0.05) is 36.0 Å². The molecule has 2 N–H and O–H groups in total. The molecule has 7 heteroatoms. The lowest BCUT2D eigenvalue weighted by atomic mass is 9.97. The predicted octanol–water partition coefficient (Wildman–Crippen LogP) is 5.37. The molecule has 2 aromatic carbocycles. The minimum atomic E-state index is 0.444. The Hall–Kier alpha value is -2.34. The number of H-pyrrole nitrogens is 1. The van der Waals surface area contributed by atoms with Gasteiger partial charge in [-0.3, -0.25) is 0 Å². The number of aromatic nitrogens is 4. The number of nitrogens with zero attached hydrogens (tertiary/aromatic N) is 3. The van der Waals surface area contributed by atoms with E-state index in [1.165, 1.54) is 16.5 Å². The molecule has 0 saturated carbocycles. The summed E-state index contributed by atoms with van der Waals surface area (Å²) in [4.78, 5) is 3.39. The fourth-order valence-electron chi connectivity index (χ4n) is 4.51. The number of rotatable bonds is 6. The van der Waals surface area contributed by atoms with Crippen LogP contribution in [0.3, 0.4) is 0 Å². The van der Waals surface area contributed by atoms with Gasteiger partial charge in [-0.25, -0.2) is 0 Å². The van der Waals surface area contributed by atoms with Crippen molar-refractivity contribution < 1.29 is 0 Å². The van der Waals surface area contributed by atoms with Crippen LogP contribution in [0.1, 0.15) is 41.5 Å². The summed E-state index contributed by atoms with van der Waals surface area (Å²) in [7, 11) is 0. The first-order valence-corrected chi connectivity index (χ1v) is 11.6. The molecule has 0 atom stereocenters. The fourth-order valence-corrected chi connectivity index (χ4v) is 4.83. The maximum atomic E-state index is 6.25. The summed E-state index contributed by atoms with van der Waals surface area (Å²) >= 11 is 12.3. The predicted molar refractivity (Wildman–Crippen MR) is 126 cm³/mol. The van der Waals surface area contributed by atoms with E-state index in [0.29, 0.717) is 22.4 Å². The van der Waals surface area contributed by atoms with Crippen molar-refractivity contribution in [1.29, 1.82) is 0 Å². The van der Waals surface area contributed by atoms with Crippen LogP contribution in [0.2, 0.25) is 10.0 Å². The van der Waals surface area contributed by atoms with Crippen LogP contribution in [-0.4, -0.2) is 32.8 Å². The molecular formula is C24H25Cl2N5. The molecule has 5 rings (SSSR count). The fraction of sp³-hybridized carbons (Fsp3) is 0.333. The number of aromatic amines is 1. The van der Waals surface area contributed by atoms with Crippen LogP contribution in [0, 0.1) is 0 Å². The second kappa shape index (κ2) is 9.03. The summed E-state index contributed by atoms with van der Waals surface area (Å²) in [6, 6.07) is 14.2. The van der Waals surface area contributed by atoms with Gasteiger partial charge in [-0.1, -0.05) is 47.5 Å². The number of fused-ring (bicyclic) bond motifs is 1. The second-order valence-corrected chi connectivity index (χ2v) is 9.00. The first kappa shape index (κ1) is 20.6. The number of aryl methyl sites for hydroxylation is 1. The van der Waals surface area contributed by atoms with Gasteiger partial charge < -0.3 is 14.9 Å². The Balaban J connectivity index is 1.44. The Morgan fingerprint density at radius 1 is 1.00 bits per heavy atom. The third-order valence-electron chi connectivity index (χ3n) is 6.19. The van der Waals surface area contributed by atoms with Crippen molar-refractivity contribution in [1.82, 2.24) is 25.1 Å². The molecule has 0 bridgehead atoms. The van der Waals surface area contributed by atoms with E-state index in [2.05, 4.69) is 55.5 Å². The molecule has 1 fully saturated rings. The van der Waals surface area contributed by atoms with Gasteiger partial charge in [-0.15, -0.1) is 10.2 Å². The Labute approximate surface area is 191 Å². The van der Waals surface area contributed by atoms with Crippen LogP contribution in [0.15, 0.2) is 48.7 Å². The minimum Gasteiger partial charge on any atom is -0.361 e. The third kappa shape index (κ3) is 4.36. The standard InChI is InChI=1S/C24H25Cl2N5/c25-20-6-5-16(13-21(20)26)14-23-29-30-24(17-7-10-27-11-8-17)31(23)12-9-18-15-28-22-4-2-1-3-19(18)22/h1-6,13,15,17,27-28H,7-12,14H2. The van der Waals surface area contributed by atoms with E-state index in [9.17, 15) is 0 Å². The Morgan fingerprint density at radius 3 is 2.68 bits per heavy atom. The molecule has 160 valence electrons. The van der Waals surface area contributed by atoms with Crippen molar-refractivity contribution in [3.05, 3.63) is 81.5 Å². The summed E-state index contributed by atoms with van der Waals surface area (Å²) in [5.41, 5.74) is 3.59. The number of piperidine rings is 1. The lowest BCUT2D eigenvalue weighted by Crippen LogP contribution is -2.28. The van der Waals surface area contributed by atoms with Gasteiger partial charge in [0.15, 0.2) is 0 Å². The van der Waals surface area contributed by atoms with E-state index in [1.807, 2.05) is 18.2 Å². The zero-order valence-electron chi connectivity index (χ0n) is 17.2. The van der Waals surface area contributed by atoms with Gasteiger partial charge in [0.2, 0.25) is 0 Å². The highest BCUT2D eigenvalue weighted by molar-refractivity contribution is 6.42. The molecule has 0 spiro atoms. The normalized spacial score (nSPS) is 15.0. The lowest BCUT2D eigenvalue weighted by molar-refractivity contribution is 0.428. The largest absolute Gasteiger partial charge is 0.361 e.